The standard InChI is InChI=1S/C16H17N5OS/c1-11(2)7-15-19-9-13(23-15)16(22)20-12-3-4-14(18-8-12)21-6-5-17-10-21/h3-6,8-11H,7H2,1-2H3,(H,20,22). The molecular formula is C16H17N5OS. The monoisotopic (exact) mass is 327 g/mol. The van der Waals surface area contributed by atoms with E-state index in [1.807, 2.05) is 18.3 Å². The van der Waals surface area contributed by atoms with E-state index in [4.69, 9.17) is 0 Å². The van der Waals surface area contributed by atoms with Crippen molar-refractivity contribution in [3.05, 3.63) is 53.1 Å². The largest absolute Gasteiger partial charge is 0.320 e. The van der Waals surface area contributed by atoms with E-state index < -0.39 is 0 Å². The Morgan fingerprint density at radius 1 is 1.30 bits per heavy atom. The van der Waals surface area contributed by atoms with Gasteiger partial charge in [-0.1, -0.05) is 13.8 Å². The topological polar surface area (TPSA) is 72.7 Å². The predicted octanol–water partition coefficient (Wildman–Crippen LogP) is 3.17. The van der Waals surface area contributed by atoms with Gasteiger partial charge in [0, 0.05) is 18.8 Å². The number of hydrogen-bond acceptors (Lipinski definition) is 5. The Morgan fingerprint density at radius 3 is 2.83 bits per heavy atom. The highest BCUT2D eigenvalue weighted by Gasteiger charge is 2.12. The van der Waals surface area contributed by atoms with E-state index in [1.165, 1.54) is 11.3 Å². The summed E-state index contributed by atoms with van der Waals surface area (Å²) >= 11 is 1.43. The molecule has 118 valence electrons. The first kappa shape index (κ1) is 15.4. The van der Waals surface area contributed by atoms with Crippen molar-refractivity contribution in [3.8, 4) is 5.82 Å². The average molecular weight is 327 g/mol. The highest BCUT2D eigenvalue weighted by atomic mass is 32.1. The predicted molar refractivity (Wildman–Crippen MR) is 90.0 cm³/mol. The zero-order valence-corrected chi connectivity index (χ0v) is 13.7. The molecule has 0 bridgehead atoms. The Balaban J connectivity index is 1.67. The van der Waals surface area contributed by atoms with Gasteiger partial charge in [0.15, 0.2) is 0 Å². The molecule has 0 aliphatic heterocycles. The highest BCUT2D eigenvalue weighted by molar-refractivity contribution is 7.13. The fourth-order valence-corrected chi connectivity index (χ4v) is 3.08. The number of thiazole rings is 1. The summed E-state index contributed by atoms with van der Waals surface area (Å²) in [5, 5.41) is 3.83. The van der Waals surface area contributed by atoms with Crippen molar-refractivity contribution in [1.29, 1.82) is 0 Å². The molecule has 0 aliphatic carbocycles. The molecular weight excluding hydrogens is 310 g/mol. The minimum Gasteiger partial charge on any atom is -0.320 e. The number of rotatable bonds is 5. The van der Waals surface area contributed by atoms with Crippen LogP contribution in [0, 0.1) is 5.92 Å². The lowest BCUT2D eigenvalue weighted by molar-refractivity contribution is 0.103. The Hall–Kier alpha value is -2.54. The number of nitrogens with zero attached hydrogens (tertiary/aromatic N) is 4. The summed E-state index contributed by atoms with van der Waals surface area (Å²) in [5.41, 5.74) is 0.651. The van der Waals surface area contributed by atoms with Crippen LogP contribution >= 0.6 is 11.3 Å². The molecule has 0 atom stereocenters. The molecule has 0 unspecified atom stereocenters. The van der Waals surface area contributed by atoms with Crippen LogP contribution < -0.4 is 5.32 Å². The molecule has 0 radical (unpaired) electrons. The van der Waals surface area contributed by atoms with Crippen molar-refractivity contribution < 1.29 is 4.79 Å². The average Bonchev–Trinajstić information content (AvgIpc) is 3.19. The molecule has 3 aromatic rings. The molecule has 3 rings (SSSR count). The van der Waals surface area contributed by atoms with Crippen LogP contribution in [0.4, 0.5) is 5.69 Å². The number of imidazole rings is 1. The summed E-state index contributed by atoms with van der Waals surface area (Å²) in [6.45, 7) is 4.27. The Kier molecular flexibility index (Phi) is 4.47. The Morgan fingerprint density at radius 2 is 2.17 bits per heavy atom. The van der Waals surface area contributed by atoms with E-state index in [0.29, 0.717) is 16.5 Å². The van der Waals surface area contributed by atoms with Gasteiger partial charge in [-0.25, -0.2) is 15.0 Å². The molecule has 7 heteroatoms. The van der Waals surface area contributed by atoms with Gasteiger partial charge >= 0.3 is 0 Å². The first-order valence-corrected chi connectivity index (χ1v) is 8.14. The van der Waals surface area contributed by atoms with Gasteiger partial charge in [-0.05, 0) is 18.1 Å². The third-order valence-corrected chi connectivity index (χ3v) is 4.15. The quantitative estimate of drug-likeness (QED) is 0.781. The molecule has 0 spiro atoms. The van der Waals surface area contributed by atoms with Crippen molar-refractivity contribution in [1.82, 2.24) is 19.5 Å². The van der Waals surface area contributed by atoms with Gasteiger partial charge in [0.25, 0.3) is 5.91 Å². The molecule has 1 N–H and O–H groups in total. The normalized spacial score (nSPS) is 10.9. The molecule has 1 amide bonds. The lowest BCUT2D eigenvalue weighted by atomic mass is 10.1. The summed E-state index contributed by atoms with van der Waals surface area (Å²) in [7, 11) is 0. The maximum Gasteiger partial charge on any atom is 0.267 e. The van der Waals surface area contributed by atoms with Gasteiger partial charge in [-0.3, -0.25) is 9.36 Å². The SMILES string of the molecule is CC(C)Cc1ncc(C(=O)Nc2ccc(-n3ccnc3)nc2)s1. The summed E-state index contributed by atoms with van der Waals surface area (Å²) in [6.07, 6.45) is 9.33. The number of aromatic nitrogens is 4. The van der Waals surface area contributed by atoms with Crippen molar-refractivity contribution >= 4 is 22.9 Å². The number of hydrogen-bond donors (Lipinski definition) is 1. The van der Waals surface area contributed by atoms with Gasteiger partial charge in [0.05, 0.1) is 23.1 Å². The summed E-state index contributed by atoms with van der Waals surface area (Å²) in [5.74, 6) is 1.11. The number of pyridine rings is 1. The van der Waals surface area contributed by atoms with Gasteiger partial charge in [-0.2, -0.15) is 0 Å². The molecule has 0 aromatic carbocycles. The van der Waals surface area contributed by atoms with Crippen LogP contribution in [0.25, 0.3) is 5.82 Å². The molecule has 0 saturated heterocycles. The van der Waals surface area contributed by atoms with Gasteiger partial charge in [0.1, 0.15) is 17.0 Å². The lowest BCUT2D eigenvalue weighted by Gasteiger charge is -2.05. The summed E-state index contributed by atoms with van der Waals surface area (Å²) in [6, 6.07) is 3.64. The molecule has 0 saturated carbocycles. The summed E-state index contributed by atoms with van der Waals surface area (Å²) in [4.78, 5) is 25.4. The second-order valence-electron chi connectivity index (χ2n) is 5.55. The molecule has 23 heavy (non-hydrogen) atoms. The van der Waals surface area contributed by atoms with Gasteiger partial charge in [0.2, 0.25) is 0 Å². The minimum atomic E-state index is -0.158. The van der Waals surface area contributed by atoms with E-state index in [9.17, 15) is 4.79 Å². The van der Waals surface area contributed by atoms with Crippen LogP contribution in [0.2, 0.25) is 0 Å². The zero-order chi connectivity index (χ0) is 16.2. The first-order chi connectivity index (χ1) is 11.1. The fraction of sp³-hybridized carbons (Fsp3) is 0.250. The maximum atomic E-state index is 12.2. The maximum absolute atomic E-state index is 12.2. The Bertz CT molecular complexity index is 777. The number of carbonyl (C=O) groups excluding carboxylic acids is 1. The smallest absolute Gasteiger partial charge is 0.267 e. The van der Waals surface area contributed by atoms with E-state index >= 15 is 0 Å². The minimum absolute atomic E-state index is 0.158. The third kappa shape index (κ3) is 3.81. The highest BCUT2D eigenvalue weighted by Crippen LogP contribution is 2.18. The van der Waals surface area contributed by atoms with E-state index in [1.54, 1.807) is 29.5 Å². The summed E-state index contributed by atoms with van der Waals surface area (Å²) < 4.78 is 1.80. The van der Waals surface area contributed by atoms with Gasteiger partial charge < -0.3 is 5.32 Å². The van der Waals surface area contributed by atoms with Crippen LogP contribution in [0.15, 0.2) is 43.2 Å². The second kappa shape index (κ2) is 6.70. The van der Waals surface area contributed by atoms with Crippen molar-refractivity contribution in [2.75, 3.05) is 5.32 Å². The number of nitrogens with one attached hydrogen (secondary N) is 1. The van der Waals surface area contributed by atoms with Crippen LogP contribution in [0.5, 0.6) is 0 Å². The van der Waals surface area contributed by atoms with Crippen LogP contribution in [0.1, 0.15) is 28.5 Å². The van der Waals surface area contributed by atoms with Crippen LogP contribution in [0.3, 0.4) is 0 Å². The van der Waals surface area contributed by atoms with Crippen LogP contribution in [-0.2, 0) is 6.42 Å². The number of carbonyl (C=O) groups is 1. The molecule has 0 fully saturated rings. The van der Waals surface area contributed by atoms with Crippen molar-refractivity contribution in [3.63, 3.8) is 0 Å². The number of anilines is 1. The van der Waals surface area contributed by atoms with Crippen LogP contribution in [-0.4, -0.2) is 25.4 Å². The molecule has 3 aromatic heterocycles. The Labute approximate surface area is 138 Å². The number of amides is 1. The zero-order valence-electron chi connectivity index (χ0n) is 12.9. The van der Waals surface area contributed by atoms with Gasteiger partial charge in [-0.15, -0.1) is 11.3 Å². The molecule has 0 aliphatic rings. The van der Waals surface area contributed by atoms with E-state index in [2.05, 4.69) is 34.1 Å². The van der Waals surface area contributed by atoms with E-state index in [0.717, 1.165) is 17.2 Å². The van der Waals surface area contributed by atoms with Crippen molar-refractivity contribution in [2.45, 2.75) is 20.3 Å². The van der Waals surface area contributed by atoms with Crippen molar-refractivity contribution in [2.24, 2.45) is 5.92 Å². The second-order valence-corrected chi connectivity index (χ2v) is 6.66. The molecule has 6 nitrogen and oxygen atoms in total. The van der Waals surface area contributed by atoms with E-state index in [-0.39, 0.29) is 5.91 Å². The first-order valence-electron chi connectivity index (χ1n) is 7.32. The fourth-order valence-electron chi connectivity index (χ4n) is 2.06. The lowest BCUT2D eigenvalue weighted by Crippen LogP contribution is -2.10. The third-order valence-electron chi connectivity index (χ3n) is 3.13. The molecule has 3 heterocycles.